The Labute approximate surface area is 204 Å². The van der Waals surface area contributed by atoms with E-state index in [1.165, 1.54) is 16.4 Å². The van der Waals surface area contributed by atoms with Crippen molar-refractivity contribution in [3.05, 3.63) is 83.9 Å². The lowest BCUT2D eigenvalue weighted by molar-refractivity contribution is -0.119. The minimum Gasteiger partial charge on any atom is -0.452 e. The van der Waals surface area contributed by atoms with Gasteiger partial charge in [0.2, 0.25) is 0 Å². The fraction of sp³-hybridized carbons (Fsp3) is 0.200. The number of carbonyl (C=O) groups excluding carboxylic acids is 2. The van der Waals surface area contributed by atoms with Crippen molar-refractivity contribution in [2.45, 2.75) is 23.6 Å². The van der Waals surface area contributed by atoms with E-state index in [0.29, 0.717) is 16.9 Å². The van der Waals surface area contributed by atoms with E-state index in [1.807, 2.05) is 18.4 Å². The molecule has 0 spiro atoms. The molecule has 0 saturated carbocycles. The van der Waals surface area contributed by atoms with Crippen molar-refractivity contribution in [3.8, 4) is 0 Å². The first-order chi connectivity index (χ1) is 16.3. The zero-order valence-electron chi connectivity index (χ0n) is 19.1. The Hall–Kier alpha value is -3.30. The van der Waals surface area contributed by atoms with Gasteiger partial charge in [-0.1, -0.05) is 24.3 Å². The second-order valence-electron chi connectivity index (χ2n) is 7.34. The topological polar surface area (TPSA) is 92.8 Å². The van der Waals surface area contributed by atoms with Crippen LogP contribution in [0, 0.1) is 6.92 Å². The molecule has 3 rings (SSSR count). The van der Waals surface area contributed by atoms with Gasteiger partial charge in [-0.15, -0.1) is 11.8 Å². The minimum atomic E-state index is -3.92. The molecule has 0 aliphatic rings. The van der Waals surface area contributed by atoms with Crippen molar-refractivity contribution in [2.24, 2.45) is 0 Å². The van der Waals surface area contributed by atoms with Crippen LogP contribution in [0.25, 0.3) is 0 Å². The number of para-hydroxylation sites is 1. The normalized spacial score (nSPS) is 11.0. The van der Waals surface area contributed by atoms with Crippen molar-refractivity contribution in [2.75, 3.05) is 29.0 Å². The summed E-state index contributed by atoms with van der Waals surface area (Å²) in [4.78, 5) is 25.8. The number of aryl methyl sites for hydroxylation is 1. The highest BCUT2D eigenvalue weighted by molar-refractivity contribution is 7.98. The third-order valence-electron chi connectivity index (χ3n) is 5.03. The molecule has 9 heteroatoms. The molecular formula is C25H26N2O5S2. The smallest absolute Gasteiger partial charge is 0.338 e. The molecule has 34 heavy (non-hydrogen) atoms. The number of nitrogens with one attached hydrogen (secondary N) is 1. The van der Waals surface area contributed by atoms with Crippen LogP contribution < -0.4 is 9.62 Å². The summed E-state index contributed by atoms with van der Waals surface area (Å²) >= 11 is 1.59. The summed E-state index contributed by atoms with van der Waals surface area (Å²) in [7, 11) is -3.92. The van der Waals surface area contributed by atoms with Crippen LogP contribution in [0.15, 0.2) is 82.6 Å². The molecule has 0 fully saturated rings. The second kappa shape index (κ2) is 11.2. The SMILES string of the molecule is CCN(c1ccccc1)S(=O)(=O)c1cc(C(=O)OCC(=O)Nc2ccc(SC)cc2)ccc1C. The van der Waals surface area contributed by atoms with Crippen LogP contribution in [-0.2, 0) is 19.6 Å². The molecule has 1 amide bonds. The van der Waals surface area contributed by atoms with Crippen molar-refractivity contribution in [1.82, 2.24) is 0 Å². The number of sulfonamides is 1. The van der Waals surface area contributed by atoms with Crippen LogP contribution >= 0.6 is 11.8 Å². The molecule has 0 atom stereocenters. The molecule has 0 radical (unpaired) electrons. The van der Waals surface area contributed by atoms with Crippen molar-refractivity contribution < 1.29 is 22.7 Å². The van der Waals surface area contributed by atoms with E-state index in [9.17, 15) is 18.0 Å². The van der Waals surface area contributed by atoms with Crippen molar-refractivity contribution in [1.29, 1.82) is 0 Å². The van der Waals surface area contributed by atoms with Gasteiger partial charge in [-0.2, -0.15) is 0 Å². The average molecular weight is 499 g/mol. The fourth-order valence-corrected chi connectivity index (χ4v) is 5.43. The van der Waals surface area contributed by atoms with Gasteiger partial charge in [0.05, 0.1) is 16.1 Å². The van der Waals surface area contributed by atoms with E-state index < -0.39 is 28.5 Å². The zero-order valence-corrected chi connectivity index (χ0v) is 20.8. The molecule has 0 unspecified atom stereocenters. The highest BCUT2D eigenvalue weighted by Crippen LogP contribution is 2.26. The zero-order chi connectivity index (χ0) is 24.7. The number of esters is 1. The van der Waals surface area contributed by atoms with Crippen molar-refractivity contribution in [3.63, 3.8) is 0 Å². The van der Waals surface area contributed by atoms with Crippen LogP contribution in [0.5, 0.6) is 0 Å². The monoisotopic (exact) mass is 498 g/mol. The lowest BCUT2D eigenvalue weighted by Gasteiger charge is -2.24. The third kappa shape index (κ3) is 5.98. The first kappa shape index (κ1) is 25.3. The molecule has 178 valence electrons. The molecular weight excluding hydrogens is 472 g/mol. The van der Waals surface area contributed by atoms with Gasteiger partial charge in [-0.3, -0.25) is 9.10 Å². The van der Waals surface area contributed by atoms with Gasteiger partial charge < -0.3 is 10.1 Å². The standard InChI is InChI=1S/C25H26N2O5S2/c1-4-27(21-8-6-5-7-9-21)34(30,31)23-16-19(11-10-18(23)2)25(29)32-17-24(28)26-20-12-14-22(33-3)15-13-20/h5-16H,4,17H2,1-3H3,(H,26,28). The number of anilines is 2. The molecule has 0 saturated heterocycles. The first-order valence-electron chi connectivity index (χ1n) is 10.6. The maximum absolute atomic E-state index is 13.4. The molecule has 0 heterocycles. The maximum Gasteiger partial charge on any atom is 0.338 e. The van der Waals surface area contributed by atoms with Crippen LogP contribution in [-0.4, -0.2) is 39.7 Å². The van der Waals surface area contributed by atoms with Gasteiger partial charge in [0.1, 0.15) is 0 Å². The Kier molecular flexibility index (Phi) is 8.36. The molecule has 3 aromatic rings. The van der Waals surface area contributed by atoms with Crippen LogP contribution in [0.4, 0.5) is 11.4 Å². The number of hydrogen-bond donors (Lipinski definition) is 1. The molecule has 0 aromatic heterocycles. The number of nitrogens with zero attached hydrogens (tertiary/aromatic N) is 1. The Bertz CT molecular complexity index is 1260. The van der Waals surface area contributed by atoms with E-state index >= 15 is 0 Å². The van der Waals surface area contributed by atoms with Crippen molar-refractivity contribution >= 4 is 45.0 Å². The summed E-state index contributed by atoms with van der Waals surface area (Å²) in [6.45, 7) is 3.13. The highest BCUT2D eigenvalue weighted by atomic mass is 32.2. The second-order valence-corrected chi connectivity index (χ2v) is 10.0. The quantitative estimate of drug-likeness (QED) is 0.339. The van der Waals surface area contributed by atoms with Gasteiger partial charge in [0.25, 0.3) is 15.9 Å². The highest BCUT2D eigenvalue weighted by Gasteiger charge is 2.26. The largest absolute Gasteiger partial charge is 0.452 e. The molecule has 0 aliphatic heterocycles. The van der Waals surface area contributed by atoms with Gasteiger partial charge in [-0.25, -0.2) is 13.2 Å². The number of rotatable bonds is 9. The average Bonchev–Trinajstić information content (AvgIpc) is 2.84. The van der Waals surface area contributed by atoms with E-state index in [-0.39, 0.29) is 17.0 Å². The Morgan fingerprint density at radius 3 is 2.29 bits per heavy atom. The molecule has 7 nitrogen and oxygen atoms in total. The van der Waals surface area contributed by atoms with Crippen LogP contribution in [0.1, 0.15) is 22.8 Å². The first-order valence-corrected chi connectivity index (χ1v) is 13.2. The number of thioether (sulfide) groups is 1. The Morgan fingerprint density at radius 2 is 1.68 bits per heavy atom. The van der Waals surface area contributed by atoms with Crippen LogP contribution in [0.2, 0.25) is 0 Å². The number of hydrogen-bond acceptors (Lipinski definition) is 6. The number of ether oxygens (including phenoxy) is 1. The lowest BCUT2D eigenvalue weighted by Crippen LogP contribution is -2.31. The summed E-state index contributed by atoms with van der Waals surface area (Å²) in [5, 5.41) is 2.66. The third-order valence-corrected chi connectivity index (χ3v) is 7.82. The summed E-state index contributed by atoms with van der Waals surface area (Å²) < 4.78 is 33.2. The molecule has 1 N–H and O–H groups in total. The van der Waals surface area contributed by atoms with E-state index in [4.69, 9.17) is 4.74 Å². The van der Waals surface area contributed by atoms with Gasteiger partial charge in [0, 0.05) is 17.1 Å². The predicted octanol–water partition coefficient (Wildman–Crippen LogP) is 4.73. The van der Waals surface area contributed by atoms with Gasteiger partial charge in [-0.05, 0) is 74.2 Å². The Balaban J connectivity index is 1.73. The summed E-state index contributed by atoms with van der Waals surface area (Å²) in [6, 6.07) is 20.3. The lowest BCUT2D eigenvalue weighted by atomic mass is 10.1. The molecule has 0 bridgehead atoms. The van der Waals surface area contributed by atoms with E-state index in [1.54, 1.807) is 74.1 Å². The Morgan fingerprint density at radius 1 is 1.00 bits per heavy atom. The minimum absolute atomic E-state index is 0.00554. The summed E-state index contributed by atoms with van der Waals surface area (Å²) in [5.41, 5.74) is 1.66. The van der Waals surface area contributed by atoms with E-state index in [2.05, 4.69) is 5.32 Å². The number of carbonyl (C=O) groups is 2. The van der Waals surface area contributed by atoms with Gasteiger partial charge in [0.15, 0.2) is 6.61 Å². The van der Waals surface area contributed by atoms with Crippen LogP contribution in [0.3, 0.4) is 0 Å². The number of benzene rings is 3. The van der Waals surface area contributed by atoms with Gasteiger partial charge >= 0.3 is 5.97 Å². The fourth-order valence-electron chi connectivity index (χ4n) is 3.30. The van der Waals surface area contributed by atoms with E-state index in [0.717, 1.165) is 4.90 Å². The maximum atomic E-state index is 13.4. The predicted molar refractivity (Wildman–Crippen MR) is 135 cm³/mol. The number of amides is 1. The summed E-state index contributed by atoms with van der Waals surface area (Å²) in [6.07, 6.45) is 1.95. The summed E-state index contributed by atoms with van der Waals surface area (Å²) in [5.74, 6) is -1.28. The molecule has 0 aliphatic carbocycles. The molecule has 3 aromatic carbocycles.